The van der Waals surface area contributed by atoms with Crippen molar-refractivity contribution in [3.63, 3.8) is 0 Å². The summed E-state index contributed by atoms with van der Waals surface area (Å²) in [5, 5.41) is 14.1. The third-order valence-corrected chi connectivity index (χ3v) is 5.16. The van der Waals surface area contributed by atoms with E-state index >= 15 is 0 Å². The van der Waals surface area contributed by atoms with Crippen molar-refractivity contribution in [1.82, 2.24) is 14.7 Å². The first-order valence-corrected chi connectivity index (χ1v) is 8.87. The summed E-state index contributed by atoms with van der Waals surface area (Å²) in [6.07, 6.45) is 4.17. The van der Waals surface area contributed by atoms with E-state index in [1.54, 1.807) is 22.0 Å². The molecule has 0 radical (unpaired) electrons. The third kappa shape index (κ3) is 3.23. The minimum Gasteiger partial charge on any atom is -0.481 e. The molecule has 1 aliphatic heterocycles. The van der Waals surface area contributed by atoms with Crippen LogP contribution in [0.1, 0.15) is 49.5 Å². The number of piperidine rings is 1. The zero-order valence-corrected chi connectivity index (χ0v) is 15.5. The number of likely N-dealkylation sites (tertiary alicyclic amines) is 1. The molecule has 1 aliphatic rings. The first kappa shape index (κ1) is 18.2. The van der Waals surface area contributed by atoms with Crippen molar-refractivity contribution < 1.29 is 14.7 Å². The van der Waals surface area contributed by atoms with E-state index < -0.39 is 11.4 Å². The van der Waals surface area contributed by atoms with Gasteiger partial charge in [-0.05, 0) is 39.2 Å². The van der Waals surface area contributed by atoms with Crippen LogP contribution >= 0.6 is 0 Å². The topological polar surface area (TPSA) is 75.4 Å². The number of carboxylic acid groups (broad SMARTS) is 1. The SMILES string of the molecule is CC(C)(C)n1cc(C(=O)N2CCC(C(=O)O)(c3ccccc3)CC2)cn1. The predicted octanol–water partition coefficient (Wildman–Crippen LogP) is 2.90. The molecule has 2 aromatic rings. The van der Waals surface area contributed by atoms with Gasteiger partial charge in [-0.2, -0.15) is 5.10 Å². The van der Waals surface area contributed by atoms with Crippen molar-refractivity contribution in [2.45, 2.75) is 44.6 Å². The zero-order chi connectivity index (χ0) is 18.9. The van der Waals surface area contributed by atoms with Crippen LogP contribution in [0.25, 0.3) is 0 Å². The van der Waals surface area contributed by atoms with Crippen molar-refractivity contribution in [2.24, 2.45) is 0 Å². The predicted molar refractivity (Wildman–Crippen MR) is 98.1 cm³/mol. The third-order valence-electron chi connectivity index (χ3n) is 5.16. The van der Waals surface area contributed by atoms with Gasteiger partial charge in [-0.25, -0.2) is 0 Å². The highest BCUT2D eigenvalue weighted by Crippen LogP contribution is 2.36. The number of rotatable bonds is 3. The molecule has 3 rings (SSSR count). The van der Waals surface area contributed by atoms with Crippen molar-refractivity contribution in [3.8, 4) is 0 Å². The normalized spacial score (nSPS) is 17.1. The van der Waals surface area contributed by atoms with Crippen LogP contribution in [0.2, 0.25) is 0 Å². The first-order chi connectivity index (χ1) is 12.2. The first-order valence-electron chi connectivity index (χ1n) is 8.87. The Morgan fingerprint density at radius 1 is 1.12 bits per heavy atom. The largest absolute Gasteiger partial charge is 0.481 e. The molecule has 26 heavy (non-hydrogen) atoms. The van der Waals surface area contributed by atoms with Gasteiger partial charge in [0.15, 0.2) is 0 Å². The average Bonchev–Trinajstić information content (AvgIpc) is 3.12. The molecule has 1 saturated heterocycles. The molecule has 1 N–H and O–H groups in total. The van der Waals surface area contributed by atoms with Crippen molar-refractivity contribution >= 4 is 11.9 Å². The van der Waals surface area contributed by atoms with E-state index in [0.717, 1.165) is 5.56 Å². The molecule has 0 unspecified atom stereocenters. The molecule has 1 fully saturated rings. The summed E-state index contributed by atoms with van der Waals surface area (Å²) >= 11 is 0. The van der Waals surface area contributed by atoms with Gasteiger partial charge in [0.2, 0.25) is 0 Å². The number of carbonyl (C=O) groups excluding carboxylic acids is 1. The standard InChI is InChI=1S/C20H25N3O3/c1-19(2,3)23-14-15(13-21-23)17(24)22-11-9-20(10-12-22,18(25)26)16-7-5-4-6-8-16/h4-8,13-14H,9-12H2,1-3H3,(H,25,26). The molecule has 1 aromatic heterocycles. The van der Waals surface area contributed by atoms with E-state index in [1.807, 2.05) is 51.1 Å². The van der Waals surface area contributed by atoms with Gasteiger partial charge < -0.3 is 10.0 Å². The number of aliphatic carboxylic acids is 1. The van der Waals surface area contributed by atoms with E-state index in [0.29, 0.717) is 31.5 Å². The Hall–Kier alpha value is -2.63. The second-order valence-electron chi connectivity index (χ2n) is 7.89. The van der Waals surface area contributed by atoms with Crippen molar-refractivity contribution in [1.29, 1.82) is 0 Å². The lowest BCUT2D eigenvalue weighted by atomic mass is 9.73. The maximum atomic E-state index is 12.8. The lowest BCUT2D eigenvalue weighted by molar-refractivity contribution is -0.145. The van der Waals surface area contributed by atoms with Crippen LogP contribution in [0.4, 0.5) is 0 Å². The molecular weight excluding hydrogens is 330 g/mol. The number of hydrogen-bond donors (Lipinski definition) is 1. The second kappa shape index (κ2) is 6.59. The summed E-state index contributed by atoms with van der Waals surface area (Å²) in [7, 11) is 0. The maximum Gasteiger partial charge on any atom is 0.314 e. The van der Waals surface area contributed by atoms with Gasteiger partial charge in [-0.15, -0.1) is 0 Å². The van der Waals surface area contributed by atoms with Crippen molar-refractivity contribution in [2.75, 3.05) is 13.1 Å². The minimum absolute atomic E-state index is 0.0902. The van der Waals surface area contributed by atoms with Gasteiger partial charge in [0, 0.05) is 19.3 Å². The summed E-state index contributed by atoms with van der Waals surface area (Å²) in [4.78, 5) is 26.5. The van der Waals surface area contributed by atoms with E-state index in [4.69, 9.17) is 0 Å². The molecular formula is C20H25N3O3. The molecule has 0 spiro atoms. The number of nitrogens with zero attached hydrogens (tertiary/aromatic N) is 3. The minimum atomic E-state index is -0.923. The summed E-state index contributed by atoms with van der Waals surface area (Å²) in [6.45, 7) is 6.91. The molecule has 1 aromatic carbocycles. The highest BCUT2D eigenvalue weighted by molar-refractivity contribution is 5.94. The molecule has 2 heterocycles. The Balaban J connectivity index is 1.76. The Labute approximate surface area is 153 Å². The Morgan fingerprint density at radius 2 is 1.73 bits per heavy atom. The molecule has 0 atom stereocenters. The zero-order valence-electron chi connectivity index (χ0n) is 15.5. The Bertz CT molecular complexity index is 797. The fourth-order valence-corrected chi connectivity index (χ4v) is 3.46. The quantitative estimate of drug-likeness (QED) is 0.918. The number of amides is 1. The van der Waals surface area contributed by atoms with Crippen LogP contribution < -0.4 is 0 Å². The lowest BCUT2D eigenvalue weighted by Gasteiger charge is -2.39. The van der Waals surface area contributed by atoms with E-state index in [1.165, 1.54) is 0 Å². The number of carbonyl (C=O) groups is 2. The molecule has 1 amide bonds. The van der Waals surface area contributed by atoms with Gasteiger partial charge in [0.25, 0.3) is 5.91 Å². The average molecular weight is 355 g/mol. The van der Waals surface area contributed by atoms with Gasteiger partial charge in [-0.1, -0.05) is 30.3 Å². The highest BCUT2D eigenvalue weighted by atomic mass is 16.4. The van der Waals surface area contributed by atoms with Crippen LogP contribution in [0.5, 0.6) is 0 Å². The number of hydrogen-bond acceptors (Lipinski definition) is 3. The smallest absolute Gasteiger partial charge is 0.314 e. The van der Waals surface area contributed by atoms with Crippen LogP contribution in [0, 0.1) is 0 Å². The number of carboxylic acids is 1. The highest BCUT2D eigenvalue weighted by Gasteiger charge is 2.44. The van der Waals surface area contributed by atoms with Crippen molar-refractivity contribution in [3.05, 3.63) is 53.9 Å². The monoisotopic (exact) mass is 355 g/mol. The molecule has 6 nitrogen and oxygen atoms in total. The molecule has 0 saturated carbocycles. The Morgan fingerprint density at radius 3 is 2.23 bits per heavy atom. The van der Waals surface area contributed by atoms with Crippen LogP contribution in [-0.2, 0) is 15.7 Å². The maximum absolute atomic E-state index is 12.8. The van der Waals surface area contributed by atoms with Gasteiger partial charge in [0.1, 0.15) is 0 Å². The second-order valence-corrected chi connectivity index (χ2v) is 7.89. The summed E-state index contributed by atoms with van der Waals surface area (Å²) in [5.74, 6) is -0.913. The van der Waals surface area contributed by atoms with Crippen LogP contribution in [0.15, 0.2) is 42.7 Å². The molecule has 0 bridgehead atoms. The van der Waals surface area contributed by atoms with Gasteiger partial charge in [-0.3, -0.25) is 14.3 Å². The van der Waals surface area contributed by atoms with Gasteiger partial charge >= 0.3 is 5.97 Å². The van der Waals surface area contributed by atoms with E-state index in [-0.39, 0.29) is 11.4 Å². The lowest BCUT2D eigenvalue weighted by Crippen LogP contribution is -2.49. The van der Waals surface area contributed by atoms with E-state index in [2.05, 4.69) is 5.10 Å². The van der Waals surface area contributed by atoms with Gasteiger partial charge in [0.05, 0.1) is 22.7 Å². The molecule has 0 aliphatic carbocycles. The van der Waals surface area contributed by atoms with Crippen LogP contribution in [0.3, 0.4) is 0 Å². The summed E-state index contributed by atoms with van der Waals surface area (Å²) < 4.78 is 1.77. The summed E-state index contributed by atoms with van der Waals surface area (Å²) in [6, 6.07) is 9.32. The summed E-state index contributed by atoms with van der Waals surface area (Å²) in [5.41, 5.74) is 0.238. The fraction of sp³-hybridized carbons (Fsp3) is 0.450. The van der Waals surface area contributed by atoms with Crippen LogP contribution in [-0.4, -0.2) is 44.8 Å². The number of benzene rings is 1. The molecule has 138 valence electrons. The Kier molecular flexibility index (Phi) is 4.61. The molecule has 6 heteroatoms. The fourth-order valence-electron chi connectivity index (χ4n) is 3.46. The number of aromatic nitrogens is 2. The van der Waals surface area contributed by atoms with E-state index in [9.17, 15) is 14.7 Å².